The summed E-state index contributed by atoms with van der Waals surface area (Å²) in [7, 11) is -4.15. The van der Waals surface area contributed by atoms with Gasteiger partial charge < -0.3 is 0 Å². The minimum atomic E-state index is -4.15. The molecular formula is C21H17ClN6O6S. The monoisotopic (exact) mass is 516 g/mol. The Balaban J connectivity index is 1.95. The largest absolute Gasteiger partial charge is 0.301 e. The number of hydrogen-bond acceptors (Lipinski definition) is 10. The van der Waals surface area contributed by atoms with E-state index in [4.69, 9.17) is 11.6 Å². The summed E-state index contributed by atoms with van der Waals surface area (Å²) in [6, 6.07) is 15.3. The van der Waals surface area contributed by atoms with Gasteiger partial charge in [-0.05, 0) is 49.4 Å². The molecule has 14 heteroatoms. The summed E-state index contributed by atoms with van der Waals surface area (Å²) in [6.07, 6.45) is 0.864. The molecule has 180 valence electrons. The fourth-order valence-electron chi connectivity index (χ4n) is 2.68. The average Bonchev–Trinajstić information content (AvgIpc) is 2.82. The Morgan fingerprint density at radius 3 is 2.20 bits per heavy atom. The van der Waals surface area contributed by atoms with Gasteiger partial charge in [0.2, 0.25) is 9.84 Å². The summed E-state index contributed by atoms with van der Waals surface area (Å²) in [5.74, 6) is 0. The van der Waals surface area contributed by atoms with Crippen LogP contribution >= 0.6 is 11.6 Å². The maximum absolute atomic E-state index is 13.2. The Morgan fingerprint density at radius 1 is 0.943 bits per heavy atom. The van der Waals surface area contributed by atoms with Crippen molar-refractivity contribution in [1.82, 2.24) is 0 Å². The number of hydrogen-bond donors (Lipinski definition) is 2. The smallest absolute Gasteiger partial charge is 0.277 e. The standard InChI is InChI=1S/C21H17ClN6O6S/c1-14-2-9-18(10-3-14)35(33,34)21(26-24-16-6-4-15(22)5-7-16)13-23-25-19-11-8-17(27(29)30)12-20(19)28(31)32/h2-13,24-25H,1H3/b23-13+,26-21+. The highest BCUT2D eigenvalue weighted by Gasteiger charge is 2.23. The number of anilines is 2. The molecule has 2 N–H and O–H groups in total. The van der Waals surface area contributed by atoms with Gasteiger partial charge in [-0.25, -0.2) is 8.42 Å². The van der Waals surface area contributed by atoms with Gasteiger partial charge in [0.05, 0.1) is 32.7 Å². The van der Waals surface area contributed by atoms with Gasteiger partial charge in [0, 0.05) is 11.1 Å². The van der Waals surface area contributed by atoms with E-state index in [-0.39, 0.29) is 10.6 Å². The number of non-ortho nitro benzene ring substituents is 1. The molecule has 3 aromatic carbocycles. The third-order valence-electron chi connectivity index (χ3n) is 4.49. The van der Waals surface area contributed by atoms with E-state index in [0.29, 0.717) is 10.7 Å². The Bertz CT molecular complexity index is 1420. The normalized spacial score (nSPS) is 11.9. The zero-order valence-electron chi connectivity index (χ0n) is 18.0. The van der Waals surface area contributed by atoms with Crippen LogP contribution in [0.4, 0.5) is 22.7 Å². The Kier molecular flexibility index (Phi) is 7.73. The van der Waals surface area contributed by atoms with Crippen LogP contribution in [-0.2, 0) is 9.84 Å². The van der Waals surface area contributed by atoms with Crippen molar-refractivity contribution >= 4 is 55.4 Å². The number of halogens is 1. The number of benzene rings is 3. The van der Waals surface area contributed by atoms with Crippen molar-refractivity contribution in [3.63, 3.8) is 0 Å². The van der Waals surface area contributed by atoms with Crippen molar-refractivity contribution in [1.29, 1.82) is 0 Å². The first-order chi connectivity index (χ1) is 16.6. The highest BCUT2D eigenvalue weighted by Crippen LogP contribution is 2.29. The van der Waals surface area contributed by atoms with Gasteiger partial charge in [-0.2, -0.15) is 10.2 Å². The van der Waals surface area contributed by atoms with Crippen molar-refractivity contribution in [2.45, 2.75) is 11.8 Å². The summed E-state index contributed by atoms with van der Waals surface area (Å²) in [5.41, 5.74) is 4.96. The average molecular weight is 517 g/mol. The van der Waals surface area contributed by atoms with Crippen LogP contribution in [0.2, 0.25) is 5.02 Å². The summed E-state index contributed by atoms with van der Waals surface area (Å²) >= 11 is 5.85. The molecule has 0 heterocycles. The van der Waals surface area contributed by atoms with Gasteiger partial charge in [0.15, 0.2) is 5.04 Å². The minimum Gasteiger partial charge on any atom is -0.277 e. The highest BCUT2D eigenvalue weighted by molar-refractivity contribution is 8.08. The van der Waals surface area contributed by atoms with Crippen LogP contribution in [0.5, 0.6) is 0 Å². The molecule has 0 unspecified atom stereocenters. The predicted octanol–water partition coefficient (Wildman–Crippen LogP) is 4.76. The lowest BCUT2D eigenvalue weighted by molar-refractivity contribution is -0.393. The van der Waals surface area contributed by atoms with Crippen molar-refractivity contribution in [3.05, 3.63) is 97.5 Å². The molecule has 0 aromatic heterocycles. The SMILES string of the molecule is Cc1ccc(S(=O)(=O)C(/C=N/Nc2ccc([N+](=O)[O-])cc2[N+](=O)[O-])=N/Nc2ccc(Cl)cc2)cc1. The molecule has 0 atom stereocenters. The molecule has 0 saturated heterocycles. The molecule has 12 nitrogen and oxygen atoms in total. The van der Waals surface area contributed by atoms with Crippen molar-refractivity contribution in [2.24, 2.45) is 10.2 Å². The first-order valence-corrected chi connectivity index (χ1v) is 11.6. The van der Waals surface area contributed by atoms with Crippen LogP contribution in [0.1, 0.15) is 5.56 Å². The molecule has 35 heavy (non-hydrogen) atoms. The number of nitrogens with zero attached hydrogens (tertiary/aromatic N) is 4. The van der Waals surface area contributed by atoms with Crippen LogP contribution in [0.15, 0.2) is 81.8 Å². The molecule has 0 saturated carbocycles. The Morgan fingerprint density at radius 2 is 1.60 bits per heavy atom. The Labute approximate surface area is 204 Å². The second kappa shape index (κ2) is 10.7. The molecule has 0 amide bonds. The zero-order chi connectivity index (χ0) is 25.6. The summed E-state index contributed by atoms with van der Waals surface area (Å²) in [4.78, 5) is 20.5. The second-order valence-electron chi connectivity index (χ2n) is 6.97. The lowest BCUT2D eigenvalue weighted by atomic mass is 10.2. The summed E-state index contributed by atoms with van der Waals surface area (Å²) in [6.45, 7) is 1.80. The number of aryl methyl sites for hydroxylation is 1. The maximum atomic E-state index is 13.2. The number of sulfone groups is 1. The predicted molar refractivity (Wildman–Crippen MR) is 133 cm³/mol. The lowest BCUT2D eigenvalue weighted by Gasteiger charge is -2.07. The van der Waals surface area contributed by atoms with E-state index in [1.54, 1.807) is 43.3 Å². The van der Waals surface area contributed by atoms with Crippen LogP contribution in [-0.4, -0.2) is 29.5 Å². The molecule has 0 radical (unpaired) electrons. The van der Waals surface area contributed by atoms with Gasteiger partial charge in [-0.15, -0.1) is 0 Å². The second-order valence-corrected chi connectivity index (χ2v) is 9.30. The number of nitro benzene ring substituents is 2. The van der Waals surface area contributed by atoms with Crippen molar-refractivity contribution in [3.8, 4) is 0 Å². The molecule has 0 aliphatic rings. The number of nitro groups is 2. The third kappa shape index (κ3) is 6.37. The highest BCUT2D eigenvalue weighted by atomic mass is 35.5. The fourth-order valence-corrected chi connectivity index (χ4v) is 3.90. The fraction of sp³-hybridized carbons (Fsp3) is 0.0476. The van der Waals surface area contributed by atoms with Gasteiger partial charge in [0.25, 0.3) is 5.69 Å². The third-order valence-corrected chi connectivity index (χ3v) is 6.39. The number of rotatable bonds is 8. The van der Waals surface area contributed by atoms with E-state index in [9.17, 15) is 28.6 Å². The van der Waals surface area contributed by atoms with Crippen LogP contribution in [0.3, 0.4) is 0 Å². The quantitative estimate of drug-likeness (QED) is 0.187. The van der Waals surface area contributed by atoms with Gasteiger partial charge in [0.1, 0.15) is 5.69 Å². The summed E-state index contributed by atoms with van der Waals surface area (Å²) in [5, 5.41) is 29.9. The van der Waals surface area contributed by atoms with Crippen LogP contribution in [0, 0.1) is 27.2 Å². The molecule has 0 spiro atoms. The van der Waals surface area contributed by atoms with E-state index >= 15 is 0 Å². The van der Waals surface area contributed by atoms with E-state index in [1.165, 1.54) is 12.1 Å². The molecular weight excluding hydrogens is 500 g/mol. The van der Waals surface area contributed by atoms with Gasteiger partial charge in [-0.3, -0.25) is 31.1 Å². The van der Waals surface area contributed by atoms with E-state index in [2.05, 4.69) is 21.1 Å². The lowest BCUT2D eigenvalue weighted by Crippen LogP contribution is -2.19. The van der Waals surface area contributed by atoms with Gasteiger partial charge >= 0.3 is 5.69 Å². The van der Waals surface area contributed by atoms with E-state index < -0.39 is 36.1 Å². The zero-order valence-corrected chi connectivity index (χ0v) is 19.5. The topological polar surface area (TPSA) is 169 Å². The van der Waals surface area contributed by atoms with E-state index in [1.807, 2.05) is 0 Å². The van der Waals surface area contributed by atoms with Crippen LogP contribution < -0.4 is 10.9 Å². The minimum absolute atomic E-state index is 0.0486. The molecule has 0 bridgehead atoms. The van der Waals surface area contributed by atoms with Crippen LogP contribution in [0.25, 0.3) is 0 Å². The van der Waals surface area contributed by atoms with E-state index in [0.717, 1.165) is 30.0 Å². The van der Waals surface area contributed by atoms with Crippen molar-refractivity contribution < 1.29 is 18.3 Å². The number of hydrazone groups is 2. The molecule has 0 fully saturated rings. The molecule has 0 aliphatic carbocycles. The maximum Gasteiger partial charge on any atom is 0.301 e. The summed E-state index contributed by atoms with van der Waals surface area (Å²) < 4.78 is 26.3. The molecule has 0 aliphatic heterocycles. The Hall–Kier alpha value is -4.36. The molecule has 3 aromatic rings. The van der Waals surface area contributed by atoms with Gasteiger partial charge in [-0.1, -0.05) is 29.3 Å². The first-order valence-electron chi connectivity index (χ1n) is 9.71. The molecule has 3 rings (SSSR count). The first kappa shape index (κ1) is 25.3. The number of nitrogens with one attached hydrogen (secondary N) is 2. The van der Waals surface area contributed by atoms with Crippen molar-refractivity contribution in [2.75, 3.05) is 10.9 Å².